The number of hydrogen-bond acceptors (Lipinski definition) is 6. The molecule has 1 aromatic heterocycles. The van der Waals surface area contributed by atoms with E-state index < -0.39 is 0 Å². The lowest BCUT2D eigenvalue weighted by Crippen LogP contribution is -2.40. The summed E-state index contributed by atoms with van der Waals surface area (Å²) in [6.07, 6.45) is 12.8. The van der Waals surface area contributed by atoms with Gasteiger partial charge in [0.1, 0.15) is 11.5 Å². The first kappa shape index (κ1) is 27.4. The first-order valence-corrected chi connectivity index (χ1v) is 14.5. The fourth-order valence-corrected chi connectivity index (χ4v) is 7.11. The number of thioether (sulfide) groups is 1. The Kier molecular flexibility index (Phi) is 11.1. The van der Waals surface area contributed by atoms with Gasteiger partial charge in [-0.15, -0.1) is 11.8 Å². The molecule has 1 aromatic rings. The maximum absolute atomic E-state index is 13.4. The number of amides is 1. The van der Waals surface area contributed by atoms with Crippen molar-refractivity contribution in [1.29, 1.82) is 0 Å². The summed E-state index contributed by atoms with van der Waals surface area (Å²) in [6, 6.07) is 0.452. The molecule has 3 unspecified atom stereocenters. The Morgan fingerprint density at radius 1 is 1.21 bits per heavy atom. The van der Waals surface area contributed by atoms with Crippen molar-refractivity contribution in [2.24, 2.45) is 17.8 Å². The summed E-state index contributed by atoms with van der Waals surface area (Å²) in [7, 11) is 1.96. The lowest BCUT2D eigenvalue weighted by atomic mass is 9.76. The highest BCUT2D eigenvalue weighted by atomic mass is 32.2. The highest BCUT2D eigenvalue weighted by Gasteiger charge is 2.32. The van der Waals surface area contributed by atoms with Gasteiger partial charge in [-0.3, -0.25) is 4.79 Å². The Bertz CT molecular complexity index is 745. The fraction of sp³-hybridized carbons (Fsp3) is 0.852. The van der Waals surface area contributed by atoms with Gasteiger partial charge in [0.2, 0.25) is 5.76 Å². The second-order valence-electron chi connectivity index (χ2n) is 11.1. The summed E-state index contributed by atoms with van der Waals surface area (Å²) in [5.74, 6) is 2.67. The molecule has 1 heterocycles. The van der Waals surface area contributed by atoms with Gasteiger partial charge in [0.15, 0.2) is 0 Å². The van der Waals surface area contributed by atoms with E-state index in [1.807, 2.05) is 7.05 Å². The van der Waals surface area contributed by atoms with Crippen LogP contribution in [0.3, 0.4) is 0 Å². The molecule has 1 amide bonds. The normalized spacial score (nSPS) is 24.8. The van der Waals surface area contributed by atoms with Crippen LogP contribution in [0.5, 0.6) is 5.88 Å². The van der Waals surface area contributed by atoms with Crippen molar-refractivity contribution in [2.75, 3.05) is 13.7 Å². The van der Waals surface area contributed by atoms with Gasteiger partial charge in [0.25, 0.3) is 11.8 Å². The zero-order chi connectivity index (χ0) is 24.5. The molecule has 2 aliphatic rings. The van der Waals surface area contributed by atoms with Crippen molar-refractivity contribution >= 4 is 17.7 Å². The largest absolute Gasteiger partial charge is 0.473 e. The third kappa shape index (κ3) is 8.18. The lowest BCUT2D eigenvalue weighted by Gasteiger charge is -2.34. The van der Waals surface area contributed by atoms with Crippen LogP contribution >= 0.6 is 11.8 Å². The molecule has 34 heavy (non-hydrogen) atoms. The standard InChI is InChI=1S/C27H47N3O3S/c1-6-10-21(28-5)17-32-27-25(34-23-11-8-7-9-12-23)24(33-30-27)26(31)29-22-15-19(4)14-20(16-22)13-18(2)3/h18-23,28H,6-17H2,1-5H3,(H,29,31)/t19?,20?,21-,22?/m0/s1. The summed E-state index contributed by atoms with van der Waals surface area (Å²) in [5, 5.41) is 11.3. The van der Waals surface area contributed by atoms with Gasteiger partial charge < -0.3 is 19.9 Å². The Labute approximate surface area is 211 Å². The zero-order valence-corrected chi connectivity index (χ0v) is 22.8. The van der Waals surface area contributed by atoms with Crippen molar-refractivity contribution in [3.05, 3.63) is 5.76 Å². The summed E-state index contributed by atoms with van der Waals surface area (Å²) >= 11 is 1.73. The van der Waals surface area contributed by atoms with E-state index in [1.54, 1.807) is 11.8 Å². The quantitative estimate of drug-likeness (QED) is 0.349. The summed E-state index contributed by atoms with van der Waals surface area (Å²) in [4.78, 5) is 14.2. The molecule has 2 aliphatic carbocycles. The molecule has 0 spiro atoms. The van der Waals surface area contributed by atoms with E-state index in [9.17, 15) is 4.79 Å². The zero-order valence-electron chi connectivity index (χ0n) is 22.0. The smallest absolute Gasteiger partial charge is 0.291 e. The molecule has 0 radical (unpaired) electrons. The van der Waals surface area contributed by atoms with E-state index in [4.69, 9.17) is 9.26 Å². The number of likely N-dealkylation sites (N-methyl/N-ethyl adjacent to an activating group) is 1. The Morgan fingerprint density at radius 3 is 2.65 bits per heavy atom. The second-order valence-corrected chi connectivity index (χ2v) is 12.4. The average Bonchev–Trinajstić information content (AvgIpc) is 3.19. The minimum Gasteiger partial charge on any atom is -0.473 e. The van der Waals surface area contributed by atoms with Crippen LogP contribution in [-0.2, 0) is 0 Å². The minimum absolute atomic E-state index is 0.137. The molecular weight excluding hydrogens is 446 g/mol. The molecule has 4 atom stereocenters. The molecule has 2 N–H and O–H groups in total. The number of nitrogens with zero attached hydrogens (tertiary/aromatic N) is 1. The van der Waals surface area contributed by atoms with Gasteiger partial charge in [-0.2, -0.15) is 0 Å². The van der Waals surface area contributed by atoms with Crippen LogP contribution < -0.4 is 15.4 Å². The number of rotatable bonds is 12. The molecule has 0 aromatic carbocycles. The first-order chi connectivity index (χ1) is 16.4. The van der Waals surface area contributed by atoms with Crippen LogP contribution in [0.25, 0.3) is 0 Å². The van der Waals surface area contributed by atoms with E-state index in [-0.39, 0.29) is 18.0 Å². The number of carbonyl (C=O) groups is 1. The van der Waals surface area contributed by atoms with E-state index in [2.05, 4.69) is 43.5 Å². The van der Waals surface area contributed by atoms with E-state index in [0.29, 0.717) is 41.3 Å². The molecule has 7 heteroatoms. The molecule has 2 fully saturated rings. The SMILES string of the molecule is CCC[C@@H](COc1noc(C(=O)NC2CC(C)CC(CC(C)C)C2)c1SC1CCCCC1)NC. The Balaban J connectivity index is 1.71. The molecule has 194 valence electrons. The number of aromatic nitrogens is 1. The van der Waals surface area contributed by atoms with Crippen molar-refractivity contribution in [3.8, 4) is 5.88 Å². The van der Waals surface area contributed by atoms with Crippen LogP contribution in [0.2, 0.25) is 0 Å². The van der Waals surface area contributed by atoms with Crippen molar-refractivity contribution in [2.45, 2.75) is 121 Å². The topological polar surface area (TPSA) is 76.4 Å². The maximum Gasteiger partial charge on any atom is 0.291 e. The fourth-order valence-electron chi connectivity index (χ4n) is 5.77. The minimum atomic E-state index is -0.137. The molecule has 0 aliphatic heterocycles. The van der Waals surface area contributed by atoms with Crippen LogP contribution in [0.15, 0.2) is 9.42 Å². The van der Waals surface area contributed by atoms with Gasteiger partial charge in [-0.25, -0.2) is 0 Å². The van der Waals surface area contributed by atoms with Gasteiger partial charge in [0.05, 0.1) is 0 Å². The third-order valence-electron chi connectivity index (χ3n) is 7.31. The molecule has 6 nitrogen and oxygen atoms in total. The van der Waals surface area contributed by atoms with Crippen molar-refractivity contribution in [3.63, 3.8) is 0 Å². The molecule has 0 saturated heterocycles. The average molecular weight is 494 g/mol. The van der Waals surface area contributed by atoms with E-state index >= 15 is 0 Å². The Hall–Kier alpha value is -1.21. The number of hydrogen-bond donors (Lipinski definition) is 2. The third-order valence-corrected chi connectivity index (χ3v) is 8.71. The van der Waals surface area contributed by atoms with Gasteiger partial charge in [-0.1, -0.05) is 53.4 Å². The first-order valence-electron chi connectivity index (χ1n) is 13.7. The van der Waals surface area contributed by atoms with Crippen molar-refractivity contribution in [1.82, 2.24) is 15.8 Å². The van der Waals surface area contributed by atoms with Crippen LogP contribution in [-0.4, -0.2) is 42.1 Å². The second kappa shape index (κ2) is 13.8. The van der Waals surface area contributed by atoms with Crippen LogP contribution in [0.4, 0.5) is 0 Å². The van der Waals surface area contributed by atoms with Gasteiger partial charge in [0, 0.05) is 17.3 Å². The number of ether oxygens (including phenoxy) is 1. The Morgan fingerprint density at radius 2 is 1.97 bits per heavy atom. The maximum atomic E-state index is 13.4. The van der Waals surface area contributed by atoms with E-state index in [1.165, 1.54) is 44.9 Å². The monoisotopic (exact) mass is 493 g/mol. The van der Waals surface area contributed by atoms with Crippen LogP contribution in [0.1, 0.15) is 109 Å². The summed E-state index contributed by atoms with van der Waals surface area (Å²) < 4.78 is 11.8. The van der Waals surface area contributed by atoms with Crippen LogP contribution in [0, 0.1) is 17.8 Å². The molecule has 3 rings (SSSR count). The highest BCUT2D eigenvalue weighted by Crippen LogP contribution is 2.41. The molecule has 0 bridgehead atoms. The molecular formula is C27H47N3O3S. The molecule has 2 saturated carbocycles. The number of nitrogens with one attached hydrogen (secondary N) is 2. The van der Waals surface area contributed by atoms with Gasteiger partial charge in [-0.05, 0) is 74.9 Å². The summed E-state index contributed by atoms with van der Waals surface area (Å²) in [5.41, 5.74) is 0. The number of carbonyl (C=O) groups excluding carboxylic acids is 1. The summed E-state index contributed by atoms with van der Waals surface area (Å²) in [6.45, 7) is 9.58. The lowest BCUT2D eigenvalue weighted by molar-refractivity contribution is 0.0862. The highest BCUT2D eigenvalue weighted by molar-refractivity contribution is 8.00. The van der Waals surface area contributed by atoms with Gasteiger partial charge >= 0.3 is 0 Å². The van der Waals surface area contributed by atoms with E-state index in [0.717, 1.165) is 30.6 Å². The predicted molar refractivity (Wildman–Crippen MR) is 140 cm³/mol. The van der Waals surface area contributed by atoms with Crippen molar-refractivity contribution < 1.29 is 14.1 Å². The predicted octanol–water partition coefficient (Wildman–Crippen LogP) is 6.45.